The fourth-order valence-electron chi connectivity index (χ4n) is 1.23. The van der Waals surface area contributed by atoms with E-state index in [2.05, 4.69) is 9.97 Å². The van der Waals surface area contributed by atoms with Gasteiger partial charge in [-0.2, -0.15) is 0 Å². The summed E-state index contributed by atoms with van der Waals surface area (Å²) in [4.78, 5) is 9.77. The van der Waals surface area contributed by atoms with E-state index in [9.17, 15) is 0 Å². The highest BCUT2D eigenvalue weighted by Crippen LogP contribution is 2.22. The van der Waals surface area contributed by atoms with Crippen LogP contribution in [0.3, 0.4) is 0 Å². The van der Waals surface area contributed by atoms with Crippen LogP contribution in [0.2, 0.25) is 5.02 Å². The molecule has 6 heteroatoms. The molecule has 0 saturated heterocycles. The molecule has 0 aliphatic heterocycles. The lowest BCUT2D eigenvalue weighted by Crippen LogP contribution is -2.33. The van der Waals surface area contributed by atoms with Gasteiger partial charge in [-0.25, -0.2) is 9.97 Å². The van der Waals surface area contributed by atoms with Gasteiger partial charge in [-0.15, -0.1) is 0 Å². The molecule has 1 aromatic rings. The summed E-state index contributed by atoms with van der Waals surface area (Å²) in [5, 5.41) is 7.72. The molecule has 15 heavy (non-hydrogen) atoms. The van der Waals surface area contributed by atoms with Crippen molar-refractivity contribution in [2.75, 3.05) is 11.9 Å². The lowest BCUT2D eigenvalue weighted by Gasteiger charge is -2.25. The molecule has 82 valence electrons. The summed E-state index contributed by atoms with van der Waals surface area (Å²) >= 11 is 5.95. The van der Waals surface area contributed by atoms with E-state index in [0.717, 1.165) is 0 Å². The van der Waals surface area contributed by atoms with Crippen LogP contribution in [0.4, 0.5) is 5.82 Å². The van der Waals surface area contributed by atoms with E-state index in [0.29, 0.717) is 17.3 Å². The first kappa shape index (κ1) is 11.7. The number of hydrogen-bond acceptors (Lipinski definition) is 4. The van der Waals surface area contributed by atoms with Crippen molar-refractivity contribution in [3.05, 3.63) is 17.5 Å². The minimum absolute atomic E-state index is 0.0786. The second-order valence-electron chi connectivity index (χ2n) is 3.38. The quantitative estimate of drug-likeness (QED) is 0.600. The molecule has 0 saturated carbocycles. The summed E-state index contributed by atoms with van der Waals surface area (Å²) < 4.78 is 0. The number of aromatic nitrogens is 2. The van der Waals surface area contributed by atoms with E-state index >= 15 is 0 Å². The van der Waals surface area contributed by atoms with Crippen LogP contribution in [-0.2, 0) is 0 Å². The van der Waals surface area contributed by atoms with Gasteiger partial charge in [-0.05, 0) is 6.92 Å². The number of nitrogens with zero attached hydrogens (tertiary/aromatic N) is 3. The topological polar surface area (TPSA) is 78.9 Å². The second-order valence-corrected chi connectivity index (χ2v) is 3.79. The Morgan fingerprint density at radius 2 is 2.40 bits per heavy atom. The maximum Gasteiger partial charge on any atom is 0.150 e. The number of nitrogens with two attached hydrogens (primary N) is 1. The van der Waals surface area contributed by atoms with Gasteiger partial charge in [-0.3, -0.25) is 5.41 Å². The maximum atomic E-state index is 7.22. The van der Waals surface area contributed by atoms with Crippen molar-refractivity contribution < 1.29 is 0 Å². The third-order valence-corrected chi connectivity index (χ3v) is 2.43. The third-order valence-electron chi connectivity index (χ3n) is 2.16. The molecule has 0 amide bonds. The summed E-state index contributed by atoms with van der Waals surface area (Å²) in [6.45, 7) is 1.96. The number of anilines is 1. The molecule has 0 radical (unpaired) electrons. The molecule has 1 unspecified atom stereocenters. The predicted molar refractivity (Wildman–Crippen MR) is 61.4 cm³/mol. The fourth-order valence-corrected chi connectivity index (χ4v) is 1.47. The molecule has 1 aromatic heterocycles. The average Bonchev–Trinajstić information content (AvgIpc) is 2.16. The van der Waals surface area contributed by atoms with E-state index in [1.165, 1.54) is 6.33 Å². The SMILES string of the molecule is CC(CC(=N)N)N(C)c1ncncc1Cl. The first-order valence-corrected chi connectivity index (χ1v) is 4.91. The highest BCUT2D eigenvalue weighted by atomic mass is 35.5. The minimum Gasteiger partial charge on any atom is -0.388 e. The Morgan fingerprint density at radius 1 is 1.73 bits per heavy atom. The van der Waals surface area contributed by atoms with Crippen LogP contribution in [-0.4, -0.2) is 28.9 Å². The number of rotatable bonds is 4. The van der Waals surface area contributed by atoms with Crippen LogP contribution in [0.15, 0.2) is 12.5 Å². The van der Waals surface area contributed by atoms with Gasteiger partial charge in [0.25, 0.3) is 0 Å². The van der Waals surface area contributed by atoms with Crippen LogP contribution in [0.5, 0.6) is 0 Å². The van der Waals surface area contributed by atoms with Crippen LogP contribution < -0.4 is 10.6 Å². The van der Waals surface area contributed by atoms with Crippen molar-refractivity contribution in [3.8, 4) is 0 Å². The predicted octanol–water partition coefficient (Wildman–Crippen LogP) is 1.28. The Bertz CT molecular complexity index is 354. The molecular weight excluding hydrogens is 214 g/mol. The molecular formula is C9H14ClN5. The van der Waals surface area contributed by atoms with Gasteiger partial charge in [0.1, 0.15) is 11.3 Å². The number of nitrogens with one attached hydrogen (secondary N) is 1. The largest absolute Gasteiger partial charge is 0.388 e. The summed E-state index contributed by atoms with van der Waals surface area (Å²) in [6.07, 6.45) is 3.47. The minimum atomic E-state index is 0.0786. The zero-order valence-electron chi connectivity index (χ0n) is 8.74. The van der Waals surface area contributed by atoms with Crippen LogP contribution >= 0.6 is 11.6 Å². The first-order valence-electron chi connectivity index (χ1n) is 4.53. The molecule has 0 fully saturated rings. The molecule has 1 atom stereocenters. The highest BCUT2D eigenvalue weighted by molar-refractivity contribution is 6.32. The monoisotopic (exact) mass is 227 g/mol. The van der Waals surface area contributed by atoms with E-state index < -0.39 is 0 Å². The van der Waals surface area contributed by atoms with Crippen LogP contribution in [0.1, 0.15) is 13.3 Å². The van der Waals surface area contributed by atoms with Crippen LogP contribution in [0, 0.1) is 5.41 Å². The average molecular weight is 228 g/mol. The van der Waals surface area contributed by atoms with Crippen LogP contribution in [0.25, 0.3) is 0 Å². The van der Waals surface area contributed by atoms with Gasteiger partial charge in [0.15, 0.2) is 5.82 Å². The molecule has 0 bridgehead atoms. The number of hydrogen-bond donors (Lipinski definition) is 2. The highest BCUT2D eigenvalue weighted by Gasteiger charge is 2.14. The van der Waals surface area contributed by atoms with Crippen molar-refractivity contribution in [3.63, 3.8) is 0 Å². The van der Waals surface area contributed by atoms with E-state index in [1.807, 2.05) is 18.9 Å². The van der Waals surface area contributed by atoms with Crippen molar-refractivity contribution in [2.45, 2.75) is 19.4 Å². The van der Waals surface area contributed by atoms with Crippen molar-refractivity contribution in [1.82, 2.24) is 9.97 Å². The molecule has 0 aliphatic carbocycles. The van der Waals surface area contributed by atoms with Gasteiger partial charge in [0.2, 0.25) is 0 Å². The molecule has 5 nitrogen and oxygen atoms in total. The van der Waals surface area contributed by atoms with Gasteiger partial charge in [-0.1, -0.05) is 11.6 Å². The lowest BCUT2D eigenvalue weighted by molar-refractivity contribution is 0.699. The van der Waals surface area contributed by atoms with Crippen molar-refractivity contribution in [2.24, 2.45) is 5.73 Å². The summed E-state index contributed by atoms with van der Waals surface area (Å²) in [7, 11) is 1.86. The zero-order valence-corrected chi connectivity index (χ0v) is 9.49. The van der Waals surface area contributed by atoms with E-state index in [1.54, 1.807) is 6.20 Å². The number of amidine groups is 1. The van der Waals surface area contributed by atoms with Gasteiger partial charge < -0.3 is 10.6 Å². The summed E-state index contributed by atoms with van der Waals surface area (Å²) in [5.41, 5.74) is 5.34. The van der Waals surface area contributed by atoms with Gasteiger partial charge in [0, 0.05) is 19.5 Å². The van der Waals surface area contributed by atoms with E-state index in [4.69, 9.17) is 22.7 Å². The Hall–Kier alpha value is -1.36. The fraction of sp³-hybridized carbons (Fsp3) is 0.444. The van der Waals surface area contributed by atoms with Gasteiger partial charge in [0.05, 0.1) is 12.0 Å². The zero-order chi connectivity index (χ0) is 11.4. The lowest BCUT2D eigenvalue weighted by atomic mass is 10.2. The van der Waals surface area contributed by atoms with Crippen molar-refractivity contribution >= 4 is 23.3 Å². The Morgan fingerprint density at radius 3 is 2.93 bits per heavy atom. The molecule has 1 rings (SSSR count). The molecule has 3 N–H and O–H groups in total. The van der Waals surface area contributed by atoms with E-state index in [-0.39, 0.29) is 11.9 Å². The third kappa shape index (κ3) is 3.06. The Labute approximate surface area is 93.8 Å². The standard InChI is InChI=1S/C9H14ClN5/c1-6(3-8(11)12)15(2)9-7(10)4-13-5-14-9/h4-6H,3H2,1-2H3,(H3,11,12). The Kier molecular flexibility index (Phi) is 3.85. The normalized spacial score (nSPS) is 12.2. The first-order chi connectivity index (χ1) is 7.02. The molecule has 0 aromatic carbocycles. The summed E-state index contributed by atoms with van der Waals surface area (Å²) in [5.74, 6) is 0.806. The molecule has 0 spiro atoms. The maximum absolute atomic E-state index is 7.22. The second kappa shape index (κ2) is 4.93. The molecule has 1 heterocycles. The van der Waals surface area contributed by atoms with Crippen molar-refractivity contribution in [1.29, 1.82) is 5.41 Å². The molecule has 0 aliphatic rings. The smallest absolute Gasteiger partial charge is 0.150 e. The number of halogens is 1. The van der Waals surface area contributed by atoms with Gasteiger partial charge >= 0.3 is 0 Å². The Balaban J connectivity index is 2.80. The summed E-state index contributed by atoms with van der Waals surface area (Å²) in [6, 6.07) is 0.0786.